The summed E-state index contributed by atoms with van der Waals surface area (Å²) >= 11 is 0. The lowest BCUT2D eigenvalue weighted by atomic mass is 10.1. The van der Waals surface area contributed by atoms with Crippen LogP contribution < -0.4 is 22.1 Å². The predicted octanol–water partition coefficient (Wildman–Crippen LogP) is 3.85. The number of fused-ring (bicyclic) bond motifs is 2. The van der Waals surface area contributed by atoms with Gasteiger partial charge in [-0.05, 0) is 54.7 Å². The molecule has 2 aromatic carbocycles. The predicted molar refractivity (Wildman–Crippen MR) is 134 cm³/mol. The van der Waals surface area contributed by atoms with Gasteiger partial charge in [0.05, 0.1) is 23.1 Å². The first-order valence-corrected chi connectivity index (χ1v) is 10.5. The first kappa shape index (κ1) is 20.8. The Hall–Kier alpha value is -5.05. The third-order valence-corrected chi connectivity index (χ3v) is 5.36. The SMILES string of the molecule is N/C=C\C(=C/N)NC(=O)c1cc2ccc(-c3cc(Nc4ccc5[nH]ncc5c4)ccn3)cc2[nH]1. The molecule has 34 heavy (non-hydrogen) atoms. The minimum atomic E-state index is -0.313. The van der Waals surface area contributed by atoms with Crippen molar-refractivity contribution in [1.82, 2.24) is 25.5 Å². The first-order chi connectivity index (χ1) is 16.6. The van der Waals surface area contributed by atoms with Gasteiger partial charge in [-0.25, -0.2) is 0 Å². The van der Waals surface area contributed by atoms with E-state index in [1.54, 1.807) is 18.5 Å². The van der Waals surface area contributed by atoms with Crippen LogP contribution in [0.15, 0.2) is 91.2 Å². The van der Waals surface area contributed by atoms with Gasteiger partial charge in [0.15, 0.2) is 0 Å². The van der Waals surface area contributed by atoms with E-state index in [1.165, 1.54) is 18.5 Å². The highest BCUT2D eigenvalue weighted by Gasteiger charge is 2.11. The highest BCUT2D eigenvalue weighted by Crippen LogP contribution is 2.27. The van der Waals surface area contributed by atoms with E-state index in [0.717, 1.165) is 44.4 Å². The monoisotopic (exact) mass is 450 g/mol. The Morgan fingerprint density at radius 1 is 0.941 bits per heavy atom. The zero-order chi connectivity index (χ0) is 23.5. The number of aromatic amines is 2. The zero-order valence-corrected chi connectivity index (χ0v) is 18.0. The van der Waals surface area contributed by atoms with E-state index in [0.29, 0.717) is 11.4 Å². The van der Waals surface area contributed by atoms with Gasteiger partial charge < -0.3 is 27.1 Å². The molecule has 0 spiro atoms. The number of nitrogens with zero attached hydrogens (tertiary/aromatic N) is 2. The van der Waals surface area contributed by atoms with Crippen LogP contribution in [0, 0.1) is 0 Å². The Morgan fingerprint density at radius 2 is 1.82 bits per heavy atom. The number of anilines is 2. The average molecular weight is 451 g/mol. The second kappa shape index (κ2) is 8.83. The summed E-state index contributed by atoms with van der Waals surface area (Å²) in [5, 5.41) is 15.1. The first-order valence-electron chi connectivity index (χ1n) is 10.5. The second-order valence-electron chi connectivity index (χ2n) is 7.65. The number of rotatable bonds is 6. The Balaban J connectivity index is 1.39. The molecule has 8 N–H and O–H groups in total. The quantitative estimate of drug-likeness (QED) is 0.216. The summed E-state index contributed by atoms with van der Waals surface area (Å²) in [5.41, 5.74) is 17.1. The molecule has 0 radical (unpaired) electrons. The lowest BCUT2D eigenvalue weighted by Gasteiger charge is -2.08. The number of carbonyl (C=O) groups excluding carboxylic acids is 1. The molecule has 0 aliphatic rings. The van der Waals surface area contributed by atoms with Crippen molar-refractivity contribution in [1.29, 1.82) is 0 Å². The molecule has 0 unspecified atom stereocenters. The van der Waals surface area contributed by atoms with Crippen molar-refractivity contribution in [2.45, 2.75) is 0 Å². The molecule has 0 atom stereocenters. The van der Waals surface area contributed by atoms with Crippen LogP contribution in [0.4, 0.5) is 11.4 Å². The summed E-state index contributed by atoms with van der Waals surface area (Å²) in [6, 6.07) is 17.6. The Morgan fingerprint density at radius 3 is 2.68 bits per heavy atom. The fourth-order valence-corrected chi connectivity index (χ4v) is 3.70. The number of benzene rings is 2. The third-order valence-electron chi connectivity index (χ3n) is 5.36. The lowest BCUT2D eigenvalue weighted by Crippen LogP contribution is -2.23. The number of pyridine rings is 1. The Kier molecular flexibility index (Phi) is 5.41. The number of nitrogens with two attached hydrogens (primary N) is 2. The molecule has 9 heteroatoms. The van der Waals surface area contributed by atoms with Gasteiger partial charge in [-0.1, -0.05) is 12.1 Å². The molecule has 5 aromatic rings. The summed E-state index contributed by atoms with van der Waals surface area (Å²) < 4.78 is 0. The summed E-state index contributed by atoms with van der Waals surface area (Å²) in [5.74, 6) is -0.313. The largest absolute Gasteiger partial charge is 0.405 e. The molecule has 0 fully saturated rings. The number of H-pyrrole nitrogens is 2. The average Bonchev–Trinajstić information content (AvgIpc) is 3.50. The second-order valence-corrected chi connectivity index (χ2v) is 7.65. The number of hydrogen-bond donors (Lipinski definition) is 6. The van der Waals surface area contributed by atoms with Gasteiger partial charge in [-0.15, -0.1) is 0 Å². The van der Waals surface area contributed by atoms with Gasteiger partial charge in [0.2, 0.25) is 0 Å². The Labute approximate surface area is 194 Å². The number of hydrogen-bond acceptors (Lipinski definition) is 6. The van der Waals surface area contributed by atoms with E-state index >= 15 is 0 Å². The standard InChI is InChI=1S/C25H22N8O/c26-7-5-20(13-27)31-25(34)24-11-16-2-1-15(10-23(16)32-24)22-12-19(6-8-28-22)30-18-3-4-21-17(9-18)14-29-33-21/h1-14,32H,26-27H2,(H,28,30)(H,29,33)(H,31,34)/b7-5-,20-13+. The van der Waals surface area contributed by atoms with Crippen molar-refractivity contribution < 1.29 is 4.79 Å². The lowest BCUT2D eigenvalue weighted by molar-refractivity contribution is 0.0963. The molecule has 5 rings (SSSR count). The maximum absolute atomic E-state index is 12.6. The molecule has 0 saturated heterocycles. The molecular weight excluding hydrogens is 428 g/mol. The van der Waals surface area contributed by atoms with Crippen molar-refractivity contribution in [2.24, 2.45) is 11.5 Å². The Bertz CT molecular complexity index is 1560. The van der Waals surface area contributed by atoms with E-state index < -0.39 is 0 Å². The molecule has 9 nitrogen and oxygen atoms in total. The van der Waals surface area contributed by atoms with Crippen LogP contribution >= 0.6 is 0 Å². The molecule has 0 aliphatic heterocycles. The van der Waals surface area contributed by atoms with E-state index in [1.807, 2.05) is 48.5 Å². The van der Waals surface area contributed by atoms with Gasteiger partial charge in [0.25, 0.3) is 5.91 Å². The summed E-state index contributed by atoms with van der Waals surface area (Å²) in [4.78, 5) is 20.2. The van der Waals surface area contributed by atoms with Crippen LogP contribution in [0.2, 0.25) is 0 Å². The van der Waals surface area contributed by atoms with Crippen LogP contribution in [0.5, 0.6) is 0 Å². The van der Waals surface area contributed by atoms with Crippen molar-refractivity contribution in [3.63, 3.8) is 0 Å². The van der Waals surface area contributed by atoms with Crippen LogP contribution in [0.25, 0.3) is 33.1 Å². The number of amides is 1. The topological polar surface area (TPSA) is 151 Å². The van der Waals surface area contributed by atoms with Gasteiger partial charge in [-0.3, -0.25) is 14.9 Å². The molecule has 1 amide bonds. The van der Waals surface area contributed by atoms with Crippen LogP contribution in [-0.2, 0) is 0 Å². The van der Waals surface area contributed by atoms with Crippen LogP contribution in [-0.4, -0.2) is 26.1 Å². The van der Waals surface area contributed by atoms with E-state index in [2.05, 4.69) is 30.8 Å². The van der Waals surface area contributed by atoms with Gasteiger partial charge >= 0.3 is 0 Å². The molecule has 0 aliphatic carbocycles. The van der Waals surface area contributed by atoms with Crippen molar-refractivity contribution in [3.8, 4) is 11.3 Å². The highest BCUT2D eigenvalue weighted by molar-refractivity contribution is 5.99. The van der Waals surface area contributed by atoms with E-state index in [4.69, 9.17) is 11.5 Å². The van der Waals surface area contributed by atoms with Crippen LogP contribution in [0.3, 0.4) is 0 Å². The fraction of sp³-hybridized carbons (Fsp3) is 0. The number of allylic oxidation sites excluding steroid dienone is 1. The van der Waals surface area contributed by atoms with E-state index in [9.17, 15) is 4.79 Å². The number of carbonyl (C=O) groups is 1. The molecule has 0 saturated carbocycles. The highest BCUT2D eigenvalue weighted by atomic mass is 16.1. The molecular formula is C25H22N8O. The molecule has 3 heterocycles. The van der Waals surface area contributed by atoms with Crippen LogP contribution in [0.1, 0.15) is 10.5 Å². The minimum absolute atomic E-state index is 0.313. The van der Waals surface area contributed by atoms with E-state index in [-0.39, 0.29) is 5.91 Å². The van der Waals surface area contributed by atoms with Crippen molar-refractivity contribution in [3.05, 3.63) is 96.9 Å². The smallest absolute Gasteiger partial charge is 0.272 e. The number of aromatic nitrogens is 4. The molecule has 168 valence electrons. The number of nitrogens with one attached hydrogen (secondary N) is 4. The normalized spacial score (nSPS) is 11.9. The third kappa shape index (κ3) is 4.17. The minimum Gasteiger partial charge on any atom is -0.405 e. The van der Waals surface area contributed by atoms with Crippen molar-refractivity contribution >= 4 is 39.1 Å². The van der Waals surface area contributed by atoms with Gasteiger partial charge in [0.1, 0.15) is 5.69 Å². The molecule has 3 aromatic heterocycles. The van der Waals surface area contributed by atoms with Crippen molar-refractivity contribution in [2.75, 3.05) is 5.32 Å². The summed E-state index contributed by atoms with van der Waals surface area (Å²) in [6.45, 7) is 0. The van der Waals surface area contributed by atoms with Gasteiger partial charge in [0, 0.05) is 45.6 Å². The molecule has 0 bridgehead atoms. The summed E-state index contributed by atoms with van der Waals surface area (Å²) in [7, 11) is 0. The maximum atomic E-state index is 12.6. The summed E-state index contributed by atoms with van der Waals surface area (Å²) in [6.07, 6.45) is 7.65. The zero-order valence-electron chi connectivity index (χ0n) is 18.0. The fourth-order valence-electron chi connectivity index (χ4n) is 3.70. The van der Waals surface area contributed by atoms with Gasteiger partial charge in [-0.2, -0.15) is 5.10 Å². The maximum Gasteiger partial charge on any atom is 0.272 e.